The third kappa shape index (κ3) is 4.94. The van der Waals surface area contributed by atoms with Crippen LogP contribution in [0, 0.1) is 0 Å². The van der Waals surface area contributed by atoms with E-state index in [-0.39, 0.29) is 81.4 Å². The fraction of sp³-hybridized carbons (Fsp3) is 0. The lowest BCUT2D eigenvalue weighted by atomic mass is 9.83. The molecule has 0 spiro atoms. The van der Waals surface area contributed by atoms with Gasteiger partial charge in [0.05, 0.1) is 12.3 Å². The Hall–Kier alpha value is -6.70. The second kappa shape index (κ2) is 12.0. The lowest BCUT2D eigenvalue weighted by Gasteiger charge is -2.19. The predicted molar refractivity (Wildman–Crippen MR) is 216 cm³/mol. The first-order valence-electron chi connectivity index (χ1n) is 21.3. The Kier molecular flexibility index (Phi) is 5.04. The van der Waals surface area contributed by atoms with Gasteiger partial charge in [-0.15, -0.1) is 0 Å². The van der Waals surface area contributed by atoms with Crippen molar-refractivity contribution in [1.29, 1.82) is 0 Å². The fourth-order valence-electron chi connectivity index (χ4n) is 7.14. The molecule has 238 valence electrons. The molecule has 1 aromatic heterocycles. The van der Waals surface area contributed by atoms with Crippen molar-refractivity contribution in [3.8, 4) is 55.6 Å². The summed E-state index contributed by atoms with van der Waals surface area (Å²) in [5.41, 5.74) is 4.48. The summed E-state index contributed by atoms with van der Waals surface area (Å²) in [6.45, 7) is 0. The zero-order valence-corrected chi connectivity index (χ0v) is 27.2. The molecular weight excluding hydrogens is 617 g/mol. The van der Waals surface area contributed by atoms with Crippen molar-refractivity contribution >= 4 is 43.5 Å². The number of rotatable bonds is 5. The molecule has 0 saturated heterocycles. The van der Waals surface area contributed by atoms with Gasteiger partial charge in [-0.1, -0.05) is 158 Å². The van der Waals surface area contributed by atoms with Crippen molar-refractivity contribution in [3.63, 3.8) is 0 Å². The van der Waals surface area contributed by atoms with Gasteiger partial charge in [0.15, 0.2) is 0 Å². The molecule has 0 aliphatic rings. The molecule has 10 aromatic rings. The molecule has 1 nitrogen and oxygen atoms in total. The van der Waals surface area contributed by atoms with E-state index < -0.39 is 6.04 Å². The van der Waals surface area contributed by atoms with Crippen LogP contribution in [0.25, 0.3) is 99.1 Å². The summed E-state index contributed by atoms with van der Waals surface area (Å²) in [6, 6.07) is 41.2. The number of furan rings is 1. The Morgan fingerprint density at radius 2 is 0.804 bits per heavy atom. The van der Waals surface area contributed by atoms with Crippen LogP contribution < -0.4 is 0 Å². The monoisotopic (exact) mass is 657 g/mol. The second-order valence-corrected chi connectivity index (χ2v) is 12.4. The molecule has 1 heteroatoms. The number of benzene rings is 9. The Bertz CT molecular complexity index is 3280. The second-order valence-electron chi connectivity index (χ2n) is 12.4. The summed E-state index contributed by atoms with van der Waals surface area (Å²) in [7, 11) is 0. The van der Waals surface area contributed by atoms with E-state index in [9.17, 15) is 8.22 Å². The van der Waals surface area contributed by atoms with Crippen LogP contribution in [0.4, 0.5) is 0 Å². The van der Waals surface area contributed by atoms with Crippen molar-refractivity contribution in [2.24, 2.45) is 0 Å². The van der Waals surface area contributed by atoms with Gasteiger partial charge < -0.3 is 4.42 Å². The molecule has 0 radical (unpaired) electrons. The van der Waals surface area contributed by atoms with Gasteiger partial charge in [0, 0.05) is 10.8 Å². The maximum Gasteiger partial charge on any atom is 0.136 e. The summed E-state index contributed by atoms with van der Waals surface area (Å²) < 4.78 is 91.0. The van der Waals surface area contributed by atoms with Gasteiger partial charge in [0.25, 0.3) is 0 Å². The summed E-state index contributed by atoms with van der Waals surface area (Å²) >= 11 is 0. The van der Waals surface area contributed by atoms with Crippen LogP contribution in [0.2, 0.25) is 0 Å². The van der Waals surface area contributed by atoms with Crippen LogP contribution in [0.1, 0.15) is 12.3 Å². The maximum atomic E-state index is 9.85. The molecule has 0 bridgehead atoms. The van der Waals surface area contributed by atoms with Crippen LogP contribution in [0.3, 0.4) is 0 Å². The van der Waals surface area contributed by atoms with E-state index in [1.165, 1.54) is 0 Å². The molecule has 0 unspecified atom stereocenters. The molecule has 10 rings (SSSR count). The molecule has 0 aliphatic heterocycles. The van der Waals surface area contributed by atoms with Gasteiger partial charge >= 0.3 is 0 Å². The number of fused-ring (bicyclic) bond motifs is 5. The summed E-state index contributed by atoms with van der Waals surface area (Å²) in [5.74, 6) is 0. The van der Waals surface area contributed by atoms with Gasteiger partial charge in [0.1, 0.15) is 11.2 Å². The smallest absolute Gasteiger partial charge is 0.136 e. The van der Waals surface area contributed by atoms with E-state index >= 15 is 0 Å². The minimum Gasteiger partial charge on any atom is -0.456 e. The molecule has 0 atom stereocenters. The van der Waals surface area contributed by atoms with Gasteiger partial charge in [-0.2, -0.15) is 0 Å². The van der Waals surface area contributed by atoms with Crippen molar-refractivity contribution in [2.75, 3.05) is 0 Å². The van der Waals surface area contributed by atoms with E-state index in [2.05, 4.69) is 0 Å². The predicted octanol–water partition coefficient (Wildman–Crippen LogP) is 14.2. The van der Waals surface area contributed by atoms with Gasteiger partial charge in [0.2, 0.25) is 0 Å². The zero-order valence-electron chi connectivity index (χ0n) is 36.2. The minimum atomic E-state index is -0.394. The zero-order chi connectivity index (χ0) is 41.6. The van der Waals surface area contributed by atoms with Crippen LogP contribution in [-0.2, 0) is 0 Å². The standard InChI is InChI=1S/C50H32O/c1-4-15-33(16-5-1)36-27-28-44-47(32-36)51-46-26-14-25-45(50(44)46)49-42-23-12-10-21-40(42)48(41-22-11-13-24-43(41)49)39-30-37(34-17-6-2-7-18-34)29-38(31-39)35-19-8-3-9-20-35/h1-32H/i14D,25D,26D,27D,28D,29D,30D,31D,32D. The lowest BCUT2D eigenvalue weighted by Crippen LogP contribution is -1.92. The molecule has 0 fully saturated rings. The summed E-state index contributed by atoms with van der Waals surface area (Å²) in [6.07, 6.45) is 0. The summed E-state index contributed by atoms with van der Waals surface area (Å²) in [5, 5.41) is 2.84. The molecular formula is C50H32O. The largest absolute Gasteiger partial charge is 0.456 e. The van der Waals surface area contributed by atoms with Crippen LogP contribution in [-0.4, -0.2) is 0 Å². The lowest BCUT2D eigenvalue weighted by molar-refractivity contribution is 0.669. The van der Waals surface area contributed by atoms with E-state index in [0.29, 0.717) is 66.1 Å². The maximum absolute atomic E-state index is 9.85. The highest BCUT2D eigenvalue weighted by Gasteiger charge is 2.21. The molecule has 9 aromatic carbocycles. The third-order valence-electron chi connectivity index (χ3n) is 9.44. The highest BCUT2D eigenvalue weighted by molar-refractivity contribution is 6.25. The van der Waals surface area contributed by atoms with Gasteiger partial charge in [-0.05, 0) is 113 Å². The van der Waals surface area contributed by atoms with Crippen LogP contribution >= 0.6 is 0 Å². The normalized spacial score (nSPS) is 14.0. The van der Waals surface area contributed by atoms with Crippen molar-refractivity contribution in [1.82, 2.24) is 0 Å². The van der Waals surface area contributed by atoms with Crippen LogP contribution in [0.15, 0.2) is 198 Å². The Balaban J connectivity index is 1.38. The van der Waals surface area contributed by atoms with Crippen LogP contribution in [0.5, 0.6) is 0 Å². The van der Waals surface area contributed by atoms with E-state index in [1.54, 1.807) is 24.3 Å². The first-order valence-corrected chi connectivity index (χ1v) is 16.8. The highest BCUT2D eigenvalue weighted by Crippen LogP contribution is 2.48. The van der Waals surface area contributed by atoms with E-state index in [0.717, 1.165) is 0 Å². The number of hydrogen-bond donors (Lipinski definition) is 0. The Labute approximate surface area is 309 Å². The average molecular weight is 658 g/mol. The first-order chi connectivity index (χ1) is 29.1. The fourth-order valence-corrected chi connectivity index (χ4v) is 7.14. The SMILES string of the molecule is [2H]c1c(-c2ccccc2)c([2H])c(-c2c3ccccc3c(-c3c([2H])c([2H])c([2H])c4oc5c([2H])c(-c6ccccc6)c([2H])c([2H])c5c34)c3ccccc23)c([2H])c1-c1ccccc1. The Morgan fingerprint density at radius 3 is 1.35 bits per heavy atom. The molecule has 0 amide bonds. The quantitative estimate of drug-likeness (QED) is 0.168. The van der Waals surface area contributed by atoms with Gasteiger partial charge in [-0.25, -0.2) is 0 Å². The summed E-state index contributed by atoms with van der Waals surface area (Å²) in [4.78, 5) is 0. The van der Waals surface area contributed by atoms with Crippen molar-refractivity contribution < 1.29 is 16.8 Å². The van der Waals surface area contributed by atoms with Crippen molar-refractivity contribution in [2.45, 2.75) is 0 Å². The molecule has 0 N–H and O–H groups in total. The molecule has 0 saturated carbocycles. The molecule has 1 heterocycles. The van der Waals surface area contributed by atoms with Crippen molar-refractivity contribution in [3.05, 3.63) is 194 Å². The first kappa shape index (κ1) is 21.4. The third-order valence-corrected chi connectivity index (χ3v) is 9.44. The Morgan fingerprint density at radius 1 is 0.333 bits per heavy atom. The molecule has 0 aliphatic carbocycles. The number of hydrogen-bond acceptors (Lipinski definition) is 1. The topological polar surface area (TPSA) is 13.1 Å². The van der Waals surface area contributed by atoms with E-state index in [1.807, 2.05) is 115 Å². The minimum absolute atomic E-state index is 0.00935. The van der Waals surface area contributed by atoms with Gasteiger partial charge in [-0.3, -0.25) is 0 Å². The average Bonchev–Trinajstić information content (AvgIpc) is 3.68. The van der Waals surface area contributed by atoms with E-state index in [4.69, 9.17) is 8.53 Å². The highest BCUT2D eigenvalue weighted by atomic mass is 16.3. The molecule has 51 heavy (non-hydrogen) atoms.